The van der Waals surface area contributed by atoms with Crippen molar-refractivity contribution in [3.05, 3.63) is 35.9 Å². The molecule has 0 fully saturated rings. The zero-order valence-corrected chi connectivity index (χ0v) is 9.96. The highest BCUT2D eigenvalue weighted by molar-refractivity contribution is 7.53. The molecule has 17 heavy (non-hydrogen) atoms. The highest BCUT2D eigenvalue weighted by atomic mass is 31.2. The van der Waals surface area contributed by atoms with Crippen LogP contribution >= 0.6 is 7.60 Å². The van der Waals surface area contributed by atoms with Crippen LogP contribution in [0.1, 0.15) is 5.56 Å². The minimum Gasteiger partial charge on any atom is -0.323 e. The van der Waals surface area contributed by atoms with Crippen molar-refractivity contribution in [3.63, 3.8) is 0 Å². The Morgan fingerprint density at radius 2 is 1.76 bits per heavy atom. The number of hydrogen-bond donors (Lipinski definition) is 4. The van der Waals surface area contributed by atoms with E-state index in [4.69, 9.17) is 21.3 Å². The van der Waals surface area contributed by atoms with Gasteiger partial charge in [0.05, 0.1) is 6.04 Å². The Morgan fingerprint density at radius 3 is 2.24 bits per heavy atom. The van der Waals surface area contributed by atoms with Crippen molar-refractivity contribution in [1.29, 1.82) is 0 Å². The average Bonchev–Trinajstić information content (AvgIpc) is 2.27. The van der Waals surface area contributed by atoms with Gasteiger partial charge in [-0.05, 0) is 12.0 Å². The largest absolute Gasteiger partial charge is 0.349 e. The van der Waals surface area contributed by atoms with Crippen LogP contribution in [0.2, 0.25) is 0 Å². The van der Waals surface area contributed by atoms with Gasteiger partial charge in [-0.1, -0.05) is 30.3 Å². The zero-order chi connectivity index (χ0) is 13.1. The van der Waals surface area contributed by atoms with E-state index in [9.17, 15) is 9.36 Å². The molecule has 0 bridgehead atoms. The van der Waals surface area contributed by atoms with Gasteiger partial charge in [-0.15, -0.1) is 0 Å². The van der Waals surface area contributed by atoms with Crippen molar-refractivity contribution in [2.24, 2.45) is 11.5 Å². The van der Waals surface area contributed by atoms with Gasteiger partial charge < -0.3 is 21.3 Å². The van der Waals surface area contributed by atoms with Crippen LogP contribution in [-0.2, 0) is 15.8 Å². The summed E-state index contributed by atoms with van der Waals surface area (Å²) in [5.74, 6) is -2.68. The van der Waals surface area contributed by atoms with Gasteiger partial charge in [0.25, 0.3) is 0 Å². The third-order valence-electron chi connectivity index (χ3n) is 2.32. The molecule has 94 valence electrons. The Labute approximate surface area is 98.8 Å². The Balaban J connectivity index is 2.69. The minimum absolute atomic E-state index is 0.202. The van der Waals surface area contributed by atoms with Crippen LogP contribution in [-0.4, -0.2) is 27.4 Å². The summed E-state index contributed by atoms with van der Waals surface area (Å²) < 4.78 is 10.8. The molecule has 6 nitrogen and oxygen atoms in total. The molecule has 6 N–H and O–H groups in total. The molecule has 1 unspecified atom stereocenters. The first-order chi connectivity index (χ1) is 7.82. The van der Waals surface area contributed by atoms with E-state index in [1.807, 2.05) is 6.07 Å². The van der Waals surface area contributed by atoms with Crippen molar-refractivity contribution in [1.82, 2.24) is 0 Å². The number of rotatable bonds is 5. The number of benzene rings is 1. The van der Waals surface area contributed by atoms with Gasteiger partial charge in [-0.3, -0.25) is 9.36 Å². The lowest BCUT2D eigenvalue weighted by Crippen LogP contribution is -2.44. The fraction of sp³-hybridized carbons (Fsp3) is 0.300. The first-order valence-electron chi connectivity index (χ1n) is 4.96. The van der Waals surface area contributed by atoms with E-state index in [2.05, 4.69) is 0 Å². The number of carbonyl (C=O) groups excluding carboxylic acids is 1. The molecule has 0 amide bonds. The summed E-state index contributed by atoms with van der Waals surface area (Å²) in [6.45, 7) is 0. The zero-order valence-electron chi connectivity index (χ0n) is 9.06. The molecule has 0 aliphatic rings. The standard InChI is InChI=1S/C10H15N2O4P/c11-8(6-7-4-2-1-3-5-7)9(13)10(12)17(14,15)16/h1-5,8,10H,6,11-12H2,(H2,14,15,16)/t8-,10?/m0/s1. The van der Waals surface area contributed by atoms with Gasteiger partial charge in [0, 0.05) is 0 Å². The predicted octanol–water partition coefficient (Wildman–Crippen LogP) is -0.412. The van der Waals surface area contributed by atoms with E-state index in [0.717, 1.165) is 5.56 Å². The van der Waals surface area contributed by atoms with E-state index >= 15 is 0 Å². The smallest absolute Gasteiger partial charge is 0.323 e. The van der Waals surface area contributed by atoms with Crippen molar-refractivity contribution < 1.29 is 19.1 Å². The van der Waals surface area contributed by atoms with Gasteiger partial charge >= 0.3 is 7.60 Å². The topological polar surface area (TPSA) is 127 Å². The summed E-state index contributed by atoms with van der Waals surface area (Å²) in [6.07, 6.45) is 0.202. The highest BCUT2D eigenvalue weighted by Crippen LogP contribution is 2.38. The summed E-state index contributed by atoms with van der Waals surface area (Å²) >= 11 is 0. The fourth-order valence-corrected chi connectivity index (χ4v) is 1.88. The van der Waals surface area contributed by atoms with Crippen LogP contribution < -0.4 is 11.5 Å². The Bertz CT molecular complexity index is 431. The van der Waals surface area contributed by atoms with Crippen LogP contribution in [0, 0.1) is 0 Å². The molecule has 1 aromatic rings. The van der Waals surface area contributed by atoms with Crippen molar-refractivity contribution in [3.8, 4) is 0 Å². The maximum atomic E-state index is 11.6. The number of nitrogens with two attached hydrogens (primary N) is 2. The quantitative estimate of drug-likeness (QED) is 0.532. The Morgan fingerprint density at radius 1 is 1.24 bits per heavy atom. The molecule has 7 heteroatoms. The summed E-state index contributed by atoms with van der Waals surface area (Å²) in [6, 6.07) is 7.93. The van der Waals surface area contributed by atoms with E-state index in [0.29, 0.717) is 0 Å². The van der Waals surface area contributed by atoms with Gasteiger partial charge in [0.15, 0.2) is 11.6 Å². The first kappa shape index (κ1) is 14.0. The molecular formula is C10H15N2O4P. The SMILES string of the molecule is NC(C(=O)[C@@H](N)Cc1ccccc1)P(=O)(O)O. The number of ketones is 1. The maximum absolute atomic E-state index is 11.6. The maximum Gasteiger partial charge on any atom is 0.349 e. The number of Topliss-reactive ketones (excluding diaryl/α,β-unsaturated/α-hetero) is 1. The second-order valence-corrected chi connectivity index (χ2v) is 5.47. The van der Waals surface area contributed by atoms with E-state index in [-0.39, 0.29) is 6.42 Å². The van der Waals surface area contributed by atoms with E-state index in [1.165, 1.54) is 0 Å². The van der Waals surface area contributed by atoms with Crippen LogP contribution in [0.15, 0.2) is 30.3 Å². The number of hydrogen-bond acceptors (Lipinski definition) is 4. The van der Waals surface area contributed by atoms with Gasteiger partial charge in [-0.2, -0.15) is 0 Å². The van der Waals surface area contributed by atoms with Gasteiger partial charge in [-0.25, -0.2) is 0 Å². The summed E-state index contributed by atoms with van der Waals surface area (Å²) in [5.41, 5.74) is 11.5. The van der Waals surface area contributed by atoms with Crippen LogP contribution in [0.4, 0.5) is 0 Å². The van der Waals surface area contributed by atoms with Gasteiger partial charge in [0.1, 0.15) is 0 Å². The summed E-state index contributed by atoms with van der Waals surface area (Å²) in [7, 11) is -4.62. The molecule has 0 aliphatic carbocycles. The first-order valence-corrected chi connectivity index (χ1v) is 6.64. The van der Waals surface area contributed by atoms with Crippen molar-refractivity contribution in [2.75, 3.05) is 0 Å². The minimum atomic E-state index is -4.62. The second kappa shape index (κ2) is 5.53. The molecule has 0 saturated heterocycles. The van der Waals surface area contributed by atoms with Crippen molar-refractivity contribution >= 4 is 13.4 Å². The Hall–Kier alpha value is -1.04. The summed E-state index contributed by atoms with van der Waals surface area (Å²) in [5, 5.41) is 0. The Kier molecular flexibility index (Phi) is 4.56. The van der Waals surface area contributed by atoms with E-state index < -0.39 is 25.2 Å². The monoisotopic (exact) mass is 258 g/mol. The number of carbonyl (C=O) groups is 1. The molecule has 1 rings (SSSR count). The van der Waals surface area contributed by atoms with Crippen LogP contribution in [0.5, 0.6) is 0 Å². The average molecular weight is 258 g/mol. The second-order valence-electron chi connectivity index (χ2n) is 3.73. The molecule has 2 atom stereocenters. The summed E-state index contributed by atoms with van der Waals surface area (Å²) in [4.78, 5) is 29.1. The molecule has 0 aromatic heterocycles. The molecule has 0 heterocycles. The molecular weight excluding hydrogens is 243 g/mol. The normalized spacial score (nSPS) is 15.3. The molecule has 0 spiro atoms. The van der Waals surface area contributed by atoms with Crippen LogP contribution in [0.3, 0.4) is 0 Å². The third kappa shape index (κ3) is 4.03. The van der Waals surface area contributed by atoms with Crippen LogP contribution in [0.25, 0.3) is 0 Å². The molecule has 0 radical (unpaired) electrons. The highest BCUT2D eigenvalue weighted by Gasteiger charge is 2.34. The predicted molar refractivity (Wildman–Crippen MR) is 63.1 cm³/mol. The lowest BCUT2D eigenvalue weighted by atomic mass is 10.0. The third-order valence-corrected chi connectivity index (χ3v) is 3.30. The molecule has 0 saturated carbocycles. The lowest BCUT2D eigenvalue weighted by Gasteiger charge is -2.17. The van der Waals surface area contributed by atoms with Crippen molar-refractivity contribution in [2.45, 2.75) is 18.2 Å². The van der Waals surface area contributed by atoms with E-state index in [1.54, 1.807) is 24.3 Å². The fourth-order valence-electron chi connectivity index (χ4n) is 1.35. The molecule has 1 aromatic carbocycles. The molecule has 0 aliphatic heterocycles. The lowest BCUT2D eigenvalue weighted by molar-refractivity contribution is -0.120. The van der Waals surface area contributed by atoms with Gasteiger partial charge in [0.2, 0.25) is 0 Å².